The van der Waals surface area contributed by atoms with Crippen LogP contribution in [-0.2, 0) is 0 Å². The molecule has 0 saturated carbocycles. The standard InChI is InChI=1S/C48H28N4O2/c1-2-11-30(12-3-1)46-50-47(52-48(51-46)38-19-9-22-41-44(38)45-42(54-41)23-10-28-49-45)31-26-24-29(25-27-31)32-14-6-16-34-33(32)15-7-17-35(34)36-18-8-21-40-43(36)37-13-4-5-20-39(37)53-40/h1-28H. The molecular weight excluding hydrogens is 665 g/mol. The molecule has 4 aromatic heterocycles. The maximum atomic E-state index is 6.24. The lowest BCUT2D eigenvalue weighted by Crippen LogP contribution is -2.00. The van der Waals surface area contributed by atoms with E-state index in [2.05, 4.69) is 89.9 Å². The van der Waals surface area contributed by atoms with Crippen LogP contribution in [0.2, 0.25) is 0 Å². The van der Waals surface area contributed by atoms with E-state index in [4.69, 9.17) is 23.8 Å². The van der Waals surface area contributed by atoms with Gasteiger partial charge in [-0.25, -0.2) is 15.0 Å². The fourth-order valence-corrected chi connectivity index (χ4v) is 7.76. The third kappa shape index (κ3) is 4.81. The molecule has 252 valence electrons. The van der Waals surface area contributed by atoms with Crippen LogP contribution in [0.4, 0.5) is 0 Å². The second kappa shape index (κ2) is 12.1. The molecule has 0 unspecified atom stereocenters. The third-order valence-electron chi connectivity index (χ3n) is 10.2. The van der Waals surface area contributed by atoms with Crippen LogP contribution in [0.1, 0.15) is 0 Å². The van der Waals surface area contributed by atoms with Crippen LogP contribution in [-0.4, -0.2) is 19.9 Å². The zero-order chi connectivity index (χ0) is 35.6. The molecule has 0 radical (unpaired) electrons. The summed E-state index contributed by atoms with van der Waals surface area (Å²) in [5.74, 6) is 1.74. The lowest BCUT2D eigenvalue weighted by molar-refractivity contribution is 0.668. The van der Waals surface area contributed by atoms with Gasteiger partial charge in [0.1, 0.15) is 22.3 Å². The molecule has 0 atom stereocenters. The van der Waals surface area contributed by atoms with Crippen LogP contribution in [0.5, 0.6) is 0 Å². The summed E-state index contributed by atoms with van der Waals surface area (Å²) >= 11 is 0. The Labute approximate surface area is 309 Å². The van der Waals surface area contributed by atoms with Gasteiger partial charge in [0.2, 0.25) is 0 Å². The Morgan fingerprint density at radius 2 is 0.852 bits per heavy atom. The van der Waals surface area contributed by atoms with E-state index in [9.17, 15) is 0 Å². The number of hydrogen-bond acceptors (Lipinski definition) is 6. The molecule has 6 heteroatoms. The van der Waals surface area contributed by atoms with Crippen LogP contribution in [0.15, 0.2) is 179 Å². The Morgan fingerprint density at radius 1 is 0.315 bits per heavy atom. The monoisotopic (exact) mass is 692 g/mol. The summed E-state index contributed by atoms with van der Waals surface area (Å²) in [7, 11) is 0. The van der Waals surface area contributed by atoms with Crippen molar-refractivity contribution in [3.05, 3.63) is 170 Å². The molecule has 6 nitrogen and oxygen atoms in total. The maximum absolute atomic E-state index is 6.24. The molecule has 11 aromatic rings. The summed E-state index contributed by atoms with van der Waals surface area (Å²) in [5.41, 5.74) is 11.2. The molecular formula is C48H28N4O2. The van der Waals surface area contributed by atoms with Crippen molar-refractivity contribution in [2.24, 2.45) is 0 Å². The average Bonchev–Trinajstić information content (AvgIpc) is 3.82. The number of nitrogens with zero attached hydrogens (tertiary/aromatic N) is 4. The van der Waals surface area contributed by atoms with E-state index in [1.54, 1.807) is 6.20 Å². The summed E-state index contributed by atoms with van der Waals surface area (Å²) in [6, 6.07) is 55.9. The van der Waals surface area contributed by atoms with Crippen molar-refractivity contribution in [1.29, 1.82) is 0 Å². The lowest BCUT2D eigenvalue weighted by Gasteiger charge is -2.13. The minimum Gasteiger partial charge on any atom is -0.456 e. The highest BCUT2D eigenvalue weighted by atomic mass is 16.3. The van der Waals surface area contributed by atoms with Crippen molar-refractivity contribution >= 4 is 54.8 Å². The first-order valence-electron chi connectivity index (χ1n) is 17.9. The number of para-hydroxylation sites is 1. The molecule has 0 saturated heterocycles. The largest absolute Gasteiger partial charge is 0.456 e. The van der Waals surface area contributed by atoms with Gasteiger partial charge in [0.15, 0.2) is 23.1 Å². The quantitative estimate of drug-likeness (QED) is 0.179. The highest BCUT2D eigenvalue weighted by Crippen LogP contribution is 2.41. The van der Waals surface area contributed by atoms with Gasteiger partial charge in [0, 0.05) is 33.7 Å². The maximum Gasteiger partial charge on any atom is 0.164 e. The number of aromatic nitrogens is 4. The van der Waals surface area contributed by atoms with Crippen LogP contribution >= 0.6 is 0 Å². The SMILES string of the molecule is c1ccc(-c2nc(-c3ccc(-c4cccc5c(-c6cccc7oc8ccccc8c67)cccc45)cc3)nc(-c3cccc4oc5cccnc5c34)n2)cc1. The number of fused-ring (bicyclic) bond motifs is 7. The molecule has 11 rings (SSSR count). The van der Waals surface area contributed by atoms with Crippen LogP contribution < -0.4 is 0 Å². The fourth-order valence-electron chi connectivity index (χ4n) is 7.76. The molecule has 7 aromatic carbocycles. The molecule has 0 aliphatic carbocycles. The first kappa shape index (κ1) is 30.2. The number of hydrogen-bond donors (Lipinski definition) is 0. The number of pyridine rings is 1. The molecule has 0 aliphatic rings. The van der Waals surface area contributed by atoms with Crippen LogP contribution in [0.3, 0.4) is 0 Å². The molecule has 0 N–H and O–H groups in total. The predicted octanol–water partition coefficient (Wildman–Crippen LogP) is 12.6. The fraction of sp³-hybridized carbons (Fsp3) is 0. The predicted molar refractivity (Wildman–Crippen MR) is 217 cm³/mol. The molecule has 54 heavy (non-hydrogen) atoms. The van der Waals surface area contributed by atoms with Gasteiger partial charge < -0.3 is 8.83 Å². The van der Waals surface area contributed by atoms with E-state index in [1.807, 2.05) is 78.9 Å². The molecule has 0 fully saturated rings. The second-order valence-corrected chi connectivity index (χ2v) is 13.4. The van der Waals surface area contributed by atoms with Crippen LogP contribution in [0.25, 0.3) is 111 Å². The van der Waals surface area contributed by atoms with Gasteiger partial charge in [-0.05, 0) is 63.4 Å². The van der Waals surface area contributed by atoms with E-state index in [0.29, 0.717) is 17.5 Å². The van der Waals surface area contributed by atoms with Crippen molar-refractivity contribution in [1.82, 2.24) is 19.9 Å². The van der Waals surface area contributed by atoms with Gasteiger partial charge in [-0.15, -0.1) is 0 Å². The van der Waals surface area contributed by atoms with Gasteiger partial charge in [-0.3, -0.25) is 4.98 Å². The van der Waals surface area contributed by atoms with Crippen LogP contribution in [0, 0.1) is 0 Å². The number of furan rings is 2. The number of rotatable bonds is 5. The van der Waals surface area contributed by atoms with E-state index in [1.165, 1.54) is 16.3 Å². The van der Waals surface area contributed by atoms with Gasteiger partial charge in [-0.2, -0.15) is 0 Å². The molecule has 4 heterocycles. The Bertz CT molecular complexity index is 3220. The zero-order valence-electron chi connectivity index (χ0n) is 28.8. The van der Waals surface area contributed by atoms with E-state index in [-0.39, 0.29) is 0 Å². The van der Waals surface area contributed by atoms with Crippen molar-refractivity contribution in [3.8, 4) is 56.4 Å². The lowest BCUT2D eigenvalue weighted by atomic mass is 9.91. The summed E-state index contributed by atoms with van der Waals surface area (Å²) < 4.78 is 12.4. The number of benzene rings is 7. The van der Waals surface area contributed by atoms with Crippen molar-refractivity contribution in [2.75, 3.05) is 0 Å². The van der Waals surface area contributed by atoms with Gasteiger partial charge >= 0.3 is 0 Å². The van der Waals surface area contributed by atoms with Gasteiger partial charge in [0.25, 0.3) is 0 Å². The van der Waals surface area contributed by atoms with Crippen molar-refractivity contribution in [2.45, 2.75) is 0 Å². The third-order valence-corrected chi connectivity index (χ3v) is 10.2. The average molecular weight is 693 g/mol. The van der Waals surface area contributed by atoms with Crippen molar-refractivity contribution < 1.29 is 8.83 Å². The topological polar surface area (TPSA) is 77.8 Å². The molecule has 0 spiro atoms. The summed E-state index contributed by atoms with van der Waals surface area (Å²) in [4.78, 5) is 19.7. The smallest absolute Gasteiger partial charge is 0.164 e. The summed E-state index contributed by atoms with van der Waals surface area (Å²) in [6.07, 6.45) is 1.78. The highest BCUT2D eigenvalue weighted by molar-refractivity contribution is 6.16. The molecule has 0 bridgehead atoms. The van der Waals surface area contributed by atoms with E-state index in [0.717, 1.165) is 77.4 Å². The second-order valence-electron chi connectivity index (χ2n) is 13.4. The normalized spacial score (nSPS) is 11.7. The summed E-state index contributed by atoms with van der Waals surface area (Å²) in [5, 5.41) is 5.50. The zero-order valence-corrected chi connectivity index (χ0v) is 28.8. The Morgan fingerprint density at radius 3 is 1.67 bits per heavy atom. The van der Waals surface area contributed by atoms with E-state index >= 15 is 0 Å². The minimum absolute atomic E-state index is 0.559. The van der Waals surface area contributed by atoms with Gasteiger partial charge in [0.05, 0.1) is 5.39 Å². The first-order valence-corrected chi connectivity index (χ1v) is 17.9. The van der Waals surface area contributed by atoms with Gasteiger partial charge in [-0.1, -0.05) is 133 Å². The first-order chi connectivity index (χ1) is 26.8. The summed E-state index contributed by atoms with van der Waals surface area (Å²) in [6.45, 7) is 0. The van der Waals surface area contributed by atoms with E-state index < -0.39 is 0 Å². The molecule has 0 amide bonds. The van der Waals surface area contributed by atoms with Crippen molar-refractivity contribution in [3.63, 3.8) is 0 Å². The Balaban J connectivity index is 1.03. The highest BCUT2D eigenvalue weighted by Gasteiger charge is 2.19. The minimum atomic E-state index is 0.559. The molecule has 0 aliphatic heterocycles. The Hall–Kier alpha value is -7.44. The Kier molecular flexibility index (Phi) is 6.75.